The molecule has 0 atom stereocenters. The van der Waals surface area contributed by atoms with Crippen LogP contribution in [0.25, 0.3) is 0 Å². The van der Waals surface area contributed by atoms with Crippen LogP contribution in [0.5, 0.6) is 11.5 Å². The van der Waals surface area contributed by atoms with Crippen molar-refractivity contribution in [2.75, 3.05) is 78.0 Å². The molecule has 0 unspecified atom stereocenters. The maximum atomic E-state index is 12.7. The third-order valence-electron chi connectivity index (χ3n) is 5.86. The van der Waals surface area contributed by atoms with Crippen LogP contribution < -0.4 is 14.4 Å². The summed E-state index contributed by atoms with van der Waals surface area (Å²) in [5.74, 6) is 1.88. The fraction of sp³-hybridized carbons (Fsp3) is 0.667. The zero-order chi connectivity index (χ0) is 20.1. The number of carbonyl (C=O) groups excluding carboxylic acids is 1. The molecular formula is C21H34N4O3. The van der Waals surface area contributed by atoms with Gasteiger partial charge in [-0.1, -0.05) is 0 Å². The molecule has 0 spiro atoms. The predicted molar refractivity (Wildman–Crippen MR) is 111 cm³/mol. The van der Waals surface area contributed by atoms with Crippen LogP contribution in [0.2, 0.25) is 0 Å². The van der Waals surface area contributed by atoms with Crippen molar-refractivity contribution in [1.82, 2.24) is 14.7 Å². The first-order valence-electron chi connectivity index (χ1n) is 10.2. The number of methoxy groups -OCH3 is 2. The molecule has 2 fully saturated rings. The van der Waals surface area contributed by atoms with Gasteiger partial charge in [0.1, 0.15) is 11.5 Å². The van der Waals surface area contributed by atoms with Crippen LogP contribution in [0.1, 0.15) is 13.8 Å². The van der Waals surface area contributed by atoms with Crippen LogP contribution >= 0.6 is 0 Å². The number of anilines is 1. The standard InChI is InChI=1S/C21H34N4O3/c1-17(2)23-11-13-25(14-12-23)21(26)16-22-7-9-24(10-8-22)19-6-5-18(27-3)15-20(19)28-4/h5-6,15,17H,7-14,16H2,1-4H3. The predicted octanol–water partition coefficient (Wildman–Crippen LogP) is 1.38. The third kappa shape index (κ3) is 4.89. The SMILES string of the molecule is COc1ccc(N2CCN(CC(=O)N3CCN(C(C)C)CC3)CC2)c(OC)c1. The summed E-state index contributed by atoms with van der Waals surface area (Å²) in [6, 6.07) is 6.49. The number of benzene rings is 1. The van der Waals surface area contributed by atoms with E-state index >= 15 is 0 Å². The maximum Gasteiger partial charge on any atom is 0.236 e. The van der Waals surface area contributed by atoms with Gasteiger partial charge in [0, 0.05) is 64.5 Å². The summed E-state index contributed by atoms with van der Waals surface area (Å²) >= 11 is 0. The number of ether oxygens (including phenoxy) is 2. The summed E-state index contributed by atoms with van der Waals surface area (Å²) < 4.78 is 10.8. The number of carbonyl (C=O) groups is 1. The van der Waals surface area contributed by atoms with Gasteiger partial charge in [-0.15, -0.1) is 0 Å². The molecule has 1 amide bonds. The van der Waals surface area contributed by atoms with Crippen molar-refractivity contribution in [2.45, 2.75) is 19.9 Å². The summed E-state index contributed by atoms with van der Waals surface area (Å²) in [5.41, 5.74) is 1.08. The average Bonchev–Trinajstić information content (AvgIpc) is 2.73. The highest BCUT2D eigenvalue weighted by Crippen LogP contribution is 2.32. The molecule has 156 valence electrons. The van der Waals surface area contributed by atoms with Crippen LogP contribution in [0, 0.1) is 0 Å². The molecule has 2 heterocycles. The van der Waals surface area contributed by atoms with Gasteiger partial charge in [-0.3, -0.25) is 14.6 Å². The molecule has 0 radical (unpaired) electrons. The van der Waals surface area contributed by atoms with E-state index in [1.165, 1.54) is 0 Å². The minimum Gasteiger partial charge on any atom is -0.497 e. The second-order valence-corrected chi connectivity index (χ2v) is 7.81. The lowest BCUT2D eigenvalue weighted by molar-refractivity contribution is -0.134. The summed E-state index contributed by atoms with van der Waals surface area (Å²) in [4.78, 5) is 21.7. The zero-order valence-corrected chi connectivity index (χ0v) is 17.7. The summed E-state index contributed by atoms with van der Waals surface area (Å²) in [6.45, 7) is 12.1. The Bertz CT molecular complexity index is 651. The van der Waals surface area contributed by atoms with E-state index in [2.05, 4.69) is 28.5 Å². The van der Waals surface area contributed by atoms with Crippen molar-refractivity contribution in [3.8, 4) is 11.5 Å². The van der Waals surface area contributed by atoms with Crippen molar-refractivity contribution >= 4 is 11.6 Å². The summed E-state index contributed by atoms with van der Waals surface area (Å²) in [7, 11) is 3.35. The normalized spacial score (nSPS) is 19.2. The van der Waals surface area contributed by atoms with Gasteiger partial charge in [0.15, 0.2) is 0 Å². The van der Waals surface area contributed by atoms with Crippen LogP contribution in [-0.2, 0) is 4.79 Å². The molecule has 2 aliphatic heterocycles. The Morgan fingerprint density at radius 2 is 1.64 bits per heavy atom. The lowest BCUT2D eigenvalue weighted by Gasteiger charge is -2.39. The Kier molecular flexibility index (Phi) is 7.02. The van der Waals surface area contributed by atoms with Crippen LogP contribution in [0.15, 0.2) is 18.2 Å². The smallest absolute Gasteiger partial charge is 0.236 e. The molecule has 0 aliphatic carbocycles. The summed E-state index contributed by atoms with van der Waals surface area (Å²) in [5, 5.41) is 0. The van der Waals surface area contributed by atoms with Crippen LogP contribution in [-0.4, -0.2) is 99.8 Å². The molecule has 3 rings (SSSR count). The molecule has 0 bridgehead atoms. The molecule has 2 saturated heterocycles. The Morgan fingerprint density at radius 3 is 2.21 bits per heavy atom. The molecule has 28 heavy (non-hydrogen) atoms. The van der Waals surface area contributed by atoms with E-state index in [9.17, 15) is 4.79 Å². The first kappa shape index (κ1) is 20.7. The quantitative estimate of drug-likeness (QED) is 0.731. The van der Waals surface area contributed by atoms with Crippen LogP contribution in [0.4, 0.5) is 5.69 Å². The number of piperazine rings is 2. The Morgan fingerprint density at radius 1 is 0.964 bits per heavy atom. The minimum absolute atomic E-state index is 0.263. The zero-order valence-electron chi connectivity index (χ0n) is 17.7. The molecule has 0 aromatic heterocycles. The van der Waals surface area contributed by atoms with E-state index in [0.717, 1.165) is 69.5 Å². The van der Waals surface area contributed by atoms with Gasteiger partial charge in [0.05, 0.1) is 26.5 Å². The number of hydrogen-bond donors (Lipinski definition) is 0. The summed E-state index contributed by atoms with van der Waals surface area (Å²) in [6.07, 6.45) is 0. The first-order valence-corrected chi connectivity index (χ1v) is 10.2. The number of amides is 1. The van der Waals surface area contributed by atoms with E-state index in [-0.39, 0.29) is 5.91 Å². The van der Waals surface area contributed by atoms with Gasteiger partial charge >= 0.3 is 0 Å². The molecule has 1 aromatic carbocycles. The molecule has 7 heteroatoms. The van der Waals surface area contributed by atoms with E-state index < -0.39 is 0 Å². The Hall–Kier alpha value is -1.99. The Balaban J connectivity index is 1.49. The fourth-order valence-electron chi connectivity index (χ4n) is 3.97. The van der Waals surface area contributed by atoms with Crippen molar-refractivity contribution < 1.29 is 14.3 Å². The Labute approximate surface area is 168 Å². The van der Waals surface area contributed by atoms with E-state index in [1.54, 1.807) is 14.2 Å². The number of rotatable bonds is 6. The number of hydrogen-bond acceptors (Lipinski definition) is 6. The fourth-order valence-corrected chi connectivity index (χ4v) is 3.97. The highest BCUT2D eigenvalue weighted by molar-refractivity contribution is 5.78. The highest BCUT2D eigenvalue weighted by atomic mass is 16.5. The lowest BCUT2D eigenvalue weighted by Crippen LogP contribution is -2.54. The van der Waals surface area contributed by atoms with Crippen molar-refractivity contribution in [1.29, 1.82) is 0 Å². The topological polar surface area (TPSA) is 48.5 Å². The van der Waals surface area contributed by atoms with Gasteiger partial charge in [-0.25, -0.2) is 0 Å². The average molecular weight is 391 g/mol. The maximum absolute atomic E-state index is 12.7. The highest BCUT2D eigenvalue weighted by Gasteiger charge is 2.26. The molecule has 0 saturated carbocycles. The largest absolute Gasteiger partial charge is 0.497 e. The van der Waals surface area contributed by atoms with Gasteiger partial charge in [0.25, 0.3) is 0 Å². The van der Waals surface area contributed by atoms with Gasteiger partial charge in [0.2, 0.25) is 5.91 Å². The molecule has 7 nitrogen and oxygen atoms in total. The monoisotopic (exact) mass is 390 g/mol. The molecule has 2 aliphatic rings. The number of nitrogens with zero attached hydrogens (tertiary/aromatic N) is 4. The van der Waals surface area contributed by atoms with Crippen molar-refractivity contribution in [3.05, 3.63) is 18.2 Å². The first-order chi connectivity index (χ1) is 13.5. The van der Waals surface area contributed by atoms with Gasteiger partial charge in [-0.05, 0) is 26.0 Å². The molecular weight excluding hydrogens is 356 g/mol. The van der Waals surface area contributed by atoms with Gasteiger partial charge in [-0.2, -0.15) is 0 Å². The molecule has 0 N–H and O–H groups in total. The van der Waals surface area contributed by atoms with E-state index in [0.29, 0.717) is 12.6 Å². The van der Waals surface area contributed by atoms with Crippen molar-refractivity contribution in [2.24, 2.45) is 0 Å². The third-order valence-corrected chi connectivity index (χ3v) is 5.86. The van der Waals surface area contributed by atoms with E-state index in [1.807, 2.05) is 23.1 Å². The van der Waals surface area contributed by atoms with Crippen molar-refractivity contribution in [3.63, 3.8) is 0 Å². The minimum atomic E-state index is 0.263. The van der Waals surface area contributed by atoms with Gasteiger partial charge < -0.3 is 19.3 Å². The second-order valence-electron chi connectivity index (χ2n) is 7.81. The lowest BCUT2D eigenvalue weighted by atomic mass is 10.2. The molecule has 1 aromatic rings. The van der Waals surface area contributed by atoms with E-state index in [4.69, 9.17) is 9.47 Å². The van der Waals surface area contributed by atoms with Crippen LogP contribution in [0.3, 0.4) is 0 Å². The second kappa shape index (κ2) is 9.47.